The minimum atomic E-state index is -0.590. The lowest BCUT2D eigenvalue weighted by molar-refractivity contribution is 0.112. The third kappa shape index (κ3) is 3.46. The molecule has 0 N–H and O–H groups in total. The van der Waals surface area contributed by atoms with E-state index in [4.69, 9.17) is 14.7 Å². The van der Waals surface area contributed by atoms with Gasteiger partial charge in [-0.25, -0.2) is 0 Å². The van der Waals surface area contributed by atoms with Crippen LogP contribution >= 0.6 is 15.9 Å². The van der Waals surface area contributed by atoms with Gasteiger partial charge in [0.2, 0.25) is 0 Å². The van der Waals surface area contributed by atoms with Crippen LogP contribution in [0.5, 0.6) is 11.5 Å². The van der Waals surface area contributed by atoms with Gasteiger partial charge in [0, 0.05) is 5.56 Å². The topological polar surface area (TPSA) is 59.3 Å². The monoisotopic (exact) mass is 297 g/mol. The van der Waals surface area contributed by atoms with Gasteiger partial charge in [0.25, 0.3) is 0 Å². The highest BCUT2D eigenvalue weighted by molar-refractivity contribution is 9.10. The Hall–Kier alpha value is -1.54. The molecule has 0 aliphatic heterocycles. The fraction of sp³-hybridized carbons (Fsp3) is 0.333. The molecule has 17 heavy (non-hydrogen) atoms. The second-order valence-corrected chi connectivity index (χ2v) is 4.12. The highest BCUT2D eigenvalue weighted by atomic mass is 79.9. The highest BCUT2D eigenvalue weighted by Crippen LogP contribution is 2.37. The Labute approximate surface area is 108 Å². The number of hydrogen-bond donors (Lipinski definition) is 0. The Kier molecular flexibility index (Phi) is 4.98. The third-order valence-electron chi connectivity index (χ3n) is 1.94. The molecule has 1 unspecified atom stereocenters. The molecule has 0 heterocycles. The second kappa shape index (κ2) is 6.26. The van der Waals surface area contributed by atoms with E-state index in [9.17, 15) is 4.79 Å². The summed E-state index contributed by atoms with van der Waals surface area (Å²) in [6.45, 7) is 3.92. The summed E-state index contributed by atoms with van der Waals surface area (Å²) in [6, 6.07) is 5.17. The van der Waals surface area contributed by atoms with E-state index in [0.29, 0.717) is 28.1 Å². The largest absolute Gasteiger partial charge is 0.490 e. The summed E-state index contributed by atoms with van der Waals surface area (Å²) in [5.41, 5.74) is 0.484. The summed E-state index contributed by atoms with van der Waals surface area (Å²) in [5.74, 6) is 0.887. The lowest BCUT2D eigenvalue weighted by Gasteiger charge is -2.15. The van der Waals surface area contributed by atoms with Gasteiger partial charge in [0.05, 0.1) is 11.1 Å². The number of carbonyl (C=O) groups excluding carboxylic acids is 1. The van der Waals surface area contributed by atoms with E-state index in [1.165, 1.54) is 0 Å². The SMILES string of the molecule is CCOc1cc(C=O)cc(Br)c1OC(C)C#N. The number of ether oxygens (including phenoxy) is 2. The minimum Gasteiger partial charge on any atom is -0.490 e. The first kappa shape index (κ1) is 13.5. The maximum atomic E-state index is 10.7. The lowest BCUT2D eigenvalue weighted by atomic mass is 10.2. The van der Waals surface area contributed by atoms with Crippen molar-refractivity contribution in [3.8, 4) is 17.6 Å². The molecule has 1 rings (SSSR count). The summed E-state index contributed by atoms with van der Waals surface area (Å²) < 4.78 is 11.4. The van der Waals surface area contributed by atoms with Crippen LogP contribution in [0.2, 0.25) is 0 Å². The minimum absolute atomic E-state index is 0.437. The van der Waals surface area contributed by atoms with Gasteiger partial charge in [-0.2, -0.15) is 5.26 Å². The normalized spacial score (nSPS) is 11.4. The average molecular weight is 298 g/mol. The van der Waals surface area contributed by atoms with Gasteiger partial charge in [0.1, 0.15) is 12.4 Å². The van der Waals surface area contributed by atoms with Gasteiger partial charge >= 0.3 is 0 Å². The van der Waals surface area contributed by atoms with Crippen molar-refractivity contribution in [1.82, 2.24) is 0 Å². The van der Waals surface area contributed by atoms with Gasteiger partial charge in [-0.3, -0.25) is 4.79 Å². The molecular weight excluding hydrogens is 286 g/mol. The maximum Gasteiger partial charge on any atom is 0.181 e. The molecule has 0 saturated heterocycles. The molecule has 0 spiro atoms. The molecule has 90 valence electrons. The fourth-order valence-electron chi connectivity index (χ4n) is 1.24. The number of aldehydes is 1. The summed E-state index contributed by atoms with van der Waals surface area (Å²) in [6.07, 6.45) is 0.137. The van der Waals surface area contributed by atoms with E-state index in [0.717, 1.165) is 6.29 Å². The molecule has 0 amide bonds. The standard InChI is InChI=1S/C12H12BrNO3/c1-3-16-11-5-9(7-15)4-10(13)12(11)17-8(2)6-14/h4-5,7-8H,3H2,1-2H3. The van der Waals surface area contributed by atoms with Gasteiger partial charge in [-0.1, -0.05) is 0 Å². The van der Waals surface area contributed by atoms with Gasteiger partial charge in [0.15, 0.2) is 17.6 Å². The van der Waals surface area contributed by atoms with Crippen molar-refractivity contribution >= 4 is 22.2 Å². The number of nitriles is 1. The van der Waals surface area contributed by atoms with Gasteiger partial charge < -0.3 is 9.47 Å². The van der Waals surface area contributed by atoms with Crippen LogP contribution in [-0.4, -0.2) is 19.0 Å². The molecule has 0 radical (unpaired) electrons. The van der Waals surface area contributed by atoms with E-state index < -0.39 is 6.10 Å². The lowest BCUT2D eigenvalue weighted by Crippen LogP contribution is -2.10. The quantitative estimate of drug-likeness (QED) is 0.784. The molecule has 0 aliphatic rings. The number of hydrogen-bond acceptors (Lipinski definition) is 4. The molecule has 1 aromatic carbocycles. The number of halogens is 1. The first-order valence-corrected chi connectivity index (χ1v) is 5.89. The van der Waals surface area contributed by atoms with Gasteiger partial charge in [-0.15, -0.1) is 0 Å². The molecule has 0 aliphatic carbocycles. The Bertz CT molecular complexity index is 454. The van der Waals surface area contributed by atoms with Crippen LogP contribution in [0.1, 0.15) is 24.2 Å². The predicted octanol–water partition coefficient (Wildman–Crippen LogP) is 2.95. The number of benzene rings is 1. The van der Waals surface area contributed by atoms with Crippen molar-refractivity contribution in [2.45, 2.75) is 20.0 Å². The van der Waals surface area contributed by atoms with Crippen LogP contribution < -0.4 is 9.47 Å². The predicted molar refractivity (Wildman–Crippen MR) is 66.4 cm³/mol. The highest BCUT2D eigenvalue weighted by Gasteiger charge is 2.14. The van der Waals surface area contributed by atoms with E-state index in [2.05, 4.69) is 15.9 Å². The first-order chi connectivity index (χ1) is 8.12. The Balaban J connectivity index is 3.17. The molecule has 1 atom stereocenters. The van der Waals surface area contributed by atoms with E-state index in [-0.39, 0.29) is 0 Å². The molecule has 4 nitrogen and oxygen atoms in total. The molecule has 1 aromatic rings. The smallest absolute Gasteiger partial charge is 0.181 e. The van der Waals surface area contributed by atoms with Crippen molar-refractivity contribution in [2.24, 2.45) is 0 Å². The molecule has 0 saturated carbocycles. The van der Waals surface area contributed by atoms with E-state index in [1.807, 2.05) is 13.0 Å². The van der Waals surface area contributed by atoms with Crippen LogP contribution in [0.25, 0.3) is 0 Å². The Morgan fingerprint density at radius 3 is 2.82 bits per heavy atom. The molecule has 0 bridgehead atoms. The molecular formula is C12H12BrNO3. The summed E-state index contributed by atoms with van der Waals surface area (Å²) in [4.78, 5) is 10.7. The molecule has 0 aromatic heterocycles. The zero-order chi connectivity index (χ0) is 12.8. The number of nitrogens with zero attached hydrogens (tertiary/aromatic N) is 1. The molecule has 5 heteroatoms. The average Bonchev–Trinajstić information content (AvgIpc) is 2.33. The zero-order valence-electron chi connectivity index (χ0n) is 9.57. The van der Waals surface area contributed by atoms with Crippen molar-refractivity contribution in [3.63, 3.8) is 0 Å². The number of carbonyl (C=O) groups is 1. The summed E-state index contributed by atoms with van der Waals surface area (Å²) >= 11 is 3.29. The Morgan fingerprint density at radius 2 is 2.29 bits per heavy atom. The summed E-state index contributed by atoms with van der Waals surface area (Å²) in [5, 5.41) is 8.72. The maximum absolute atomic E-state index is 10.7. The van der Waals surface area contributed by atoms with Crippen molar-refractivity contribution < 1.29 is 14.3 Å². The van der Waals surface area contributed by atoms with Crippen molar-refractivity contribution in [1.29, 1.82) is 5.26 Å². The van der Waals surface area contributed by atoms with Crippen LogP contribution in [0.15, 0.2) is 16.6 Å². The summed E-state index contributed by atoms with van der Waals surface area (Å²) in [7, 11) is 0. The second-order valence-electron chi connectivity index (χ2n) is 3.27. The van der Waals surface area contributed by atoms with Crippen LogP contribution in [-0.2, 0) is 0 Å². The van der Waals surface area contributed by atoms with Crippen LogP contribution in [0.3, 0.4) is 0 Å². The van der Waals surface area contributed by atoms with Crippen LogP contribution in [0, 0.1) is 11.3 Å². The van der Waals surface area contributed by atoms with E-state index >= 15 is 0 Å². The Morgan fingerprint density at radius 1 is 1.59 bits per heavy atom. The van der Waals surface area contributed by atoms with E-state index in [1.54, 1.807) is 19.1 Å². The van der Waals surface area contributed by atoms with Crippen molar-refractivity contribution in [3.05, 3.63) is 22.2 Å². The van der Waals surface area contributed by atoms with Crippen LogP contribution in [0.4, 0.5) is 0 Å². The van der Waals surface area contributed by atoms with Crippen molar-refractivity contribution in [2.75, 3.05) is 6.61 Å². The fourth-order valence-corrected chi connectivity index (χ4v) is 1.79. The zero-order valence-corrected chi connectivity index (χ0v) is 11.2. The first-order valence-electron chi connectivity index (χ1n) is 5.10. The third-order valence-corrected chi connectivity index (χ3v) is 2.53. The van der Waals surface area contributed by atoms with Gasteiger partial charge in [-0.05, 0) is 41.9 Å². The molecule has 0 fully saturated rings. The number of rotatable bonds is 5.